The number of methoxy groups -OCH3 is 1. The standard InChI is InChI=1S/C31H29NO7/c1-6-17-11-15(2)18-9-7-8-10-19(18)20(17)14-32-30(37)26-23(38-5)12-22(35)27-28(26)39-24-13-21(34)25(16(3)33)29(36)31(24,27)4/h7-13,34-35H,6,14H2,1-5H3,(H,32,37)/t31-/m1/s1. The molecule has 0 saturated carbocycles. The number of phenolic OH excluding ortho intramolecular Hbond substituents is 1. The van der Waals surface area contributed by atoms with E-state index >= 15 is 0 Å². The molecule has 3 aromatic rings. The van der Waals surface area contributed by atoms with Crippen molar-refractivity contribution in [1.29, 1.82) is 0 Å². The van der Waals surface area contributed by atoms with Crippen LogP contribution < -0.4 is 14.8 Å². The van der Waals surface area contributed by atoms with Crippen LogP contribution in [0.4, 0.5) is 0 Å². The number of ether oxygens (including phenoxy) is 2. The number of benzene rings is 3. The van der Waals surface area contributed by atoms with Gasteiger partial charge in [0.25, 0.3) is 5.91 Å². The number of nitrogens with one attached hydrogen (secondary N) is 1. The minimum Gasteiger partial charge on any atom is -0.507 e. The van der Waals surface area contributed by atoms with Crippen LogP contribution >= 0.6 is 0 Å². The molecule has 3 aromatic carbocycles. The summed E-state index contributed by atoms with van der Waals surface area (Å²) >= 11 is 0. The number of amides is 1. The van der Waals surface area contributed by atoms with Gasteiger partial charge in [-0.25, -0.2) is 0 Å². The van der Waals surface area contributed by atoms with Crippen LogP contribution in [0.3, 0.4) is 0 Å². The van der Waals surface area contributed by atoms with Crippen LogP contribution in [-0.4, -0.2) is 34.8 Å². The van der Waals surface area contributed by atoms with E-state index in [9.17, 15) is 24.6 Å². The second-order valence-electron chi connectivity index (χ2n) is 9.97. The Kier molecular flexibility index (Phi) is 6.21. The summed E-state index contributed by atoms with van der Waals surface area (Å²) in [5, 5.41) is 26.4. The number of Topliss-reactive ketones (excluding diaryl/α,β-unsaturated/α-hetero) is 2. The van der Waals surface area contributed by atoms with E-state index in [2.05, 4.69) is 25.2 Å². The van der Waals surface area contributed by atoms with Crippen molar-refractivity contribution in [3.63, 3.8) is 0 Å². The van der Waals surface area contributed by atoms with E-state index in [1.165, 1.54) is 33.1 Å². The fraction of sp³-hybridized carbons (Fsp3) is 0.258. The fourth-order valence-electron chi connectivity index (χ4n) is 5.69. The average molecular weight is 528 g/mol. The predicted octanol–water partition coefficient (Wildman–Crippen LogP) is 4.87. The average Bonchev–Trinajstić information content (AvgIpc) is 3.20. The predicted molar refractivity (Wildman–Crippen MR) is 145 cm³/mol. The van der Waals surface area contributed by atoms with Gasteiger partial charge in [0, 0.05) is 18.7 Å². The number of carbonyl (C=O) groups is 3. The minimum atomic E-state index is -1.61. The molecule has 1 heterocycles. The largest absolute Gasteiger partial charge is 0.507 e. The summed E-state index contributed by atoms with van der Waals surface area (Å²) < 4.78 is 11.4. The van der Waals surface area contributed by atoms with Gasteiger partial charge >= 0.3 is 0 Å². The number of aryl methyl sites for hydroxylation is 2. The molecular weight excluding hydrogens is 498 g/mol. The highest BCUT2D eigenvalue weighted by molar-refractivity contribution is 6.25. The molecule has 0 aromatic heterocycles. The number of phenols is 1. The number of fused-ring (bicyclic) bond motifs is 4. The second kappa shape index (κ2) is 9.31. The van der Waals surface area contributed by atoms with Gasteiger partial charge in [-0.3, -0.25) is 14.4 Å². The third-order valence-electron chi connectivity index (χ3n) is 7.70. The van der Waals surface area contributed by atoms with Crippen LogP contribution in [0, 0.1) is 6.92 Å². The van der Waals surface area contributed by atoms with E-state index in [1.807, 2.05) is 24.3 Å². The molecule has 8 heteroatoms. The van der Waals surface area contributed by atoms with Crippen molar-refractivity contribution in [2.24, 2.45) is 0 Å². The SMILES string of the molecule is CCc1cc(C)c2ccccc2c1CNC(=O)c1c(OC)cc(O)c2c1OC1=CC(O)=C(C(C)=O)C(=O)[C@]12C. The number of rotatable bonds is 6. The van der Waals surface area contributed by atoms with Crippen LogP contribution in [-0.2, 0) is 28.0 Å². The number of allylic oxidation sites excluding steroid dienone is 3. The van der Waals surface area contributed by atoms with E-state index in [0.29, 0.717) is 0 Å². The fourth-order valence-corrected chi connectivity index (χ4v) is 5.69. The first kappa shape index (κ1) is 26.0. The van der Waals surface area contributed by atoms with Gasteiger partial charge in [-0.1, -0.05) is 37.3 Å². The zero-order valence-corrected chi connectivity index (χ0v) is 22.4. The number of carbonyl (C=O) groups excluding carboxylic acids is 3. The summed E-state index contributed by atoms with van der Waals surface area (Å²) in [4.78, 5) is 39.3. The highest BCUT2D eigenvalue weighted by Crippen LogP contribution is 2.56. The molecule has 2 aliphatic rings. The molecule has 1 amide bonds. The van der Waals surface area contributed by atoms with Gasteiger partial charge in [0.15, 0.2) is 17.3 Å². The van der Waals surface area contributed by atoms with Crippen molar-refractivity contribution in [3.05, 3.63) is 87.4 Å². The van der Waals surface area contributed by atoms with Gasteiger partial charge in [-0.05, 0) is 54.7 Å². The van der Waals surface area contributed by atoms with E-state index < -0.39 is 34.2 Å². The van der Waals surface area contributed by atoms with Gasteiger partial charge < -0.3 is 25.0 Å². The van der Waals surface area contributed by atoms with Crippen molar-refractivity contribution >= 4 is 28.2 Å². The Labute approximate surface area is 225 Å². The molecule has 0 unspecified atom stereocenters. The summed E-state index contributed by atoms with van der Waals surface area (Å²) in [5.41, 5.74) is 1.27. The minimum absolute atomic E-state index is 0.000371. The van der Waals surface area contributed by atoms with Crippen LogP contribution in [0.15, 0.2) is 59.6 Å². The summed E-state index contributed by atoms with van der Waals surface area (Å²) in [7, 11) is 1.36. The van der Waals surface area contributed by atoms with Crippen molar-refractivity contribution in [2.45, 2.75) is 46.1 Å². The van der Waals surface area contributed by atoms with E-state index in [0.717, 1.165) is 33.9 Å². The Morgan fingerprint density at radius 3 is 2.46 bits per heavy atom. The van der Waals surface area contributed by atoms with Gasteiger partial charge in [0.05, 0.1) is 12.7 Å². The molecule has 5 rings (SSSR count). The molecule has 0 bridgehead atoms. The molecule has 0 fully saturated rings. The topological polar surface area (TPSA) is 122 Å². The Morgan fingerprint density at radius 1 is 1.13 bits per heavy atom. The monoisotopic (exact) mass is 527 g/mol. The highest BCUT2D eigenvalue weighted by atomic mass is 16.5. The molecule has 200 valence electrons. The van der Waals surface area contributed by atoms with E-state index in [1.54, 1.807) is 0 Å². The van der Waals surface area contributed by atoms with Gasteiger partial charge in [0.2, 0.25) is 0 Å². The molecule has 8 nitrogen and oxygen atoms in total. The lowest BCUT2D eigenvalue weighted by atomic mass is 9.71. The molecule has 0 saturated heterocycles. The number of aromatic hydroxyl groups is 1. The summed E-state index contributed by atoms with van der Waals surface area (Å²) in [6.45, 7) is 7.00. The lowest BCUT2D eigenvalue weighted by molar-refractivity contribution is -0.123. The summed E-state index contributed by atoms with van der Waals surface area (Å²) in [6, 6.07) is 11.4. The Balaban J connectivity index is 1.59. The maximum Gasteiger partial charge on any atom is 0.259 e. The summed E-state index contributed by atoms with van der Waals surface area (Å²) in [5.74, 6) is -2.75. The van der Waals surface area contributed by atoms with Crippen LogP contribution in [0.25, 0.3) is 10.8 Å². The van der Waals surface area contributed by atoms with E-state index in [-0.39, 0.29) is 40.7 Å². The lowest BCUT2D eigenvalue weighted by Gasteiger charge is -2.27. The zero-order chi connectivity index (χ0) is 28.2. The number of hydrogen-bond acceptors (Lipinski definition) is 7. The van der Waals surface area contributed by atoms with Crippen molar-refractivity contribution < 1.29 is 34.1 Å². The van der Waals surface area contributed by atoms with Crippen molar-refractivity contribution in [1.82, 2.24) is 5.32 Å². The molecule has 1 atom stereocenters. The summed E-state index contributed by atoms with van der Waals surface area (Å²) in [6.07, 6.45) is 1.96. The third-order valence-corrected chi connectivity index (χ3v) is 7.70. The van der Waals surface area contributed by atoms with Crippen molar-refractivity contribution in [3.8, 4) is 17.2 Å². The highest BCUT2D eigenvalue weighted by Gasteiger charge is 2.55. The second-order valence-corrected chi connectivity index (χ2v) is 9.97. The quantitative estimate of drug-likeness (QED) is 0.391. The van der Waals surface area contributed by atoms with E-state index in [4.69, 9.17) is 9.47 Å². The molecule has 3 N–H and O–H groups in total. The van der Waals surface area contributed by atoms with Gasteiger partial charge in [-0.2, -0.15) is 0 Å². The third kappa shape index (κ3) is 3.78. The maximum atomic E-state index is 13.7. The number of aliphatic hydroxyl groups is 1. The van der Waals surface area contributed by atoms with Gasteiger partial charge in [-0.15, -0.1) is 0 Å². The molecular formula is C31H29NO7. The Morgan fingerprint density at radius 2 is 1.82 bits per heavy atom. The van der Waals surface area contributed by atoms with Crippen LogP contribution in [0.2, 0.25) is 0 Å². The number of hydrogen-bond donors (Lipinski definition) is 3. The van der Waals surface area contributed by atoms with Crippen molar-refractivity contribution in [2.75, 3.05) is 7.11 Å². The van der Waals surface area contributed by atoms with Crippen LogP contribution in [0.1, 0.15) is 53.4 Å². The molecule has 1 aliphatic heterocycles. The zero-order valence-electron chi connectivity index (χ0n) is 22.4. The number of aliphatic hydroxyl groups excluding tert-OH is 1. The first-order chi connectivity index (χ1) is 18.5. The maximum absolute atomic E-state index is 13.7. The molecule has 1 aliphatic carbocycles. The Bertz CT molecular complexity index is 1660. The normalized spacial score (nSPS) is 17.9. The smallest absolute Gasteiger partial charge is 0.259 e. The van der Waals surface area contributed by atoms with Gasteiger partial charge in [0.1, 0.15) is 39.6 Å². The first-order valence-corrected chi connectivity index (χ1v) is 12.7. The van der Waals surface area contributed by atoms with Crippen LogP contribution in [0.5, 0.6) is 17.2 Å². The Hall–Kier alpha value is -4.59. The molecule has 0 radical (unpaired) electrons. The number of ketones is 2. The molecule has 0 spiro atoms. The first-order valence-electron chi connectivity index (χ1n) is 12.7. The molecule has 39 heavy (non-hydrogen) atoms. The lowest BCUT2D eigenvalue weighted by Crippen LogP contribution is -2.38.